The Bertz CT molecular complexity index is 1180. The molecule has 9 heteroatoms. The third-order valence-corrected chi connectivity index (χ3v) is 5.75. The summed E-state index contributed by atoms with van der Waals surface area (Å²) >= 11 is 3.51. The summed E-state index contributed by atoms with van der Waals surface area (Å²) in [6.07, 6.45) is 6.57. The van der Waals surface area contributed by atoms with Crippen LogP contribution in [0, 0.1) is 0 Å². The number of pyridine rings is 1. The summed E-state index contributed by atoms with van der Waals surface area (Å²) in [6, 6.07) is 12.2. The quantitative estimate of drug-likeness (QED) is 0.360. The molecular weight excluding hydrogens is 507 g/mol. The fraction of sp³-hybridized carbons (Fsp3) is 0.240. The zero-order valence-corrected chi connectivity index (χ0v) is 19.9. The molecular formula is C25H23BrF3N5. The predicted octanol–water partition coefficient (Wildman–Crippen LogP) is 6.51. The van der Waals surface area contributed by atoms with E-state index in [1.807, 2.05) is 35.2 Å². The minimum absolute atomic E-state index is 0.377. The molecule has 0 fully saturated rings. The van der Waals surface area contributed by atoms with Gasteiger partial charge >= 0.3 is 6.18 Å². The molecule has 2 aromatic heterocycles. The van der Waals surface area contributed by atoms with Crippen LogP contribution >= 0.6 is 15.9 Å². The first-order valence-electron chi connectivity index (χ1n) is 10.8. The van der Waals surface area contributed by atoms with Gasteiger partial charge in [-0.1, -0.05) is 46.3 Å². The van der Waals surface area contributed by atoms with Gasteiger partial charge in [-0.15, -0.1) is 0 Å². The SMILES string of the molecule is FC(F)(F)c1ccc(NCCN(Cc2cccc(Br)c2)c2nccc(C3=CCCC=C3)n2)nc1. The van der Waals surface area contributed by atoms with Gasteiger partial charge in [0.2, 0.25) is 5.95 Å². The number of hydrogen-bond acceptors (Lipinski definition) is 5. The van der Waals surface area contributed by atoms with Crippen LogP contribution in [0.2, 0.25) is 0 Å². The van der Waals surface area contributed by atoms with E-state index < -0.39 is 11.7 Å². The Labute approximate surface area is 204 Å². The van der Waals surface area contributed by atoms with Crippen molar-refractivity contribution in [3.8, 4) is 0 Å². The van der Waals surface area contributed by atoms with Crippen LogP contribution in [0.5, 0.6) is 0 Å². The van der Waals surface area contributed by atoms with Crippen molar-refractivity contribution >= 4 is 33.3 Å². The van der Waals surface area contributed by atoms with E-state index in [-0.39, 0.29) is 0 Å². The lowest BCUT2D eigenvalue weighted by atomic mass is 10.0. The molecule has 0 unspecified atom stereocenters. The van der Waals surface area contributed by atoms with Gasteiger partial charge in [-0.2, -0.15) is 13.2 Å². The van der Waals surface area contributed by atoms with E-state index in [0.29, 0.717) is 31.4 Å². The van der Waals surface area contributed by atoms with Crippen LogP contribution in [-0.2, 0) is 12.7 Å². The molecule has 0 saturated carbocycles. The number of halogens is 4. The Balaban J connectivity index is 1.50. The predicted molar refractivity (Wildman–Crippen MR) is 131 cm³/mol. The van der Waals surface area contributed by atoms with Crippen molar-refractivity contribution < 1.29 is 13.2 Å². The van der Waals surface area contributed by atoms with Crippen LogP contribution in [0.4, 0.5) is 24.9 Å². The molecule has 0 amide bonds. The molecule has 0 aliphatic heterocycles. The summed E-state index contributed by atoms with van der Waals surface area (Å²) in [5.41, 5.74) is 2.24. The Morgan fingerprint density at radius 3 is 2.65 bits per heavy atom. The van der Waals surface area contributed by atoms with E-state index in [9.17, 15) is 13.2 Å². The molecule has 0 atom stereocenters. The Kier molecular flexibility index (Phi) is 7.62. The van der Waals surface area contributed by atoms with E-state index in [4.69, 9.17) is 4.98 Å². The van der Waals surface area contributed by atoms with E-state index in [0.717, 1.165) is 46.4 Å². The average Bonchev–Trinajstić information content (AvgIpc) is 2.84. The second kappa shape index (κ2) is 10.8. The highest BCUT2D eigenvalue weighted by atomic mass is 79.9. The molecule has 0 spiro atoms. The van der Waals surface area contributed by atoms with E-state index >= 15 is 0 Å². The summed E-state index contributed by atoms with van der Waals surface area (Å²) < 4.78 is 39.3. The normalized spacial score (nSPS) is 13.5. The fourth-order valence-corrected chi connectivity index (χ4v) is 4.00. The van der Waals surface area contributed by atoms with Crippen molar-refractivity contribution in [3.05, 3.63) is 94.4 Å². The van der Waals surface area contributed by atoms with Gasteiger partial charge in [-0.3, -0.25) is 0 Å². The van der Waals surface area contributed by atoms with Gasteiger partial charge in [-0.25, -0.2) is 15.0 Å². The summed E-state index contributed by atoms with van der Waals surface area (Å²) in [5, 5.41) is 3.09. The molecule has 176 valence electrons. The Hall–Kier alpha value is -3.20. The second-order valence-electron chi connectivity index (χ2n) is 7.79. The molecule has 0 saturated heterocycles. The van der Waals surface area contributed by atoms with Gasteiger partial charge in [0.05, 0.1) is 11.3 Å². The first-order valence-corrected chi connectivity index (χ1v) is 11.6. The molecule has 0 radical (unpaired) electrons. The minimum atomic E-state index is -4.41. The maximum atomic E-state index is 12.8. The summed E-state index contributed by atoms with van der Waals surface area (Å²) in [4.78, 5) is 15.2. The number of aromatic nitrogens is 3. The Morgan fingerprint density at radius 1 is 1.06 bits per heavy atom. The molecule has 4 rings (SSSR count). The van der Waals surface area contributed by atoms with Crippen LogP contribution in [0.25, 0.3) is 5.57 Å². The highest BCUT2D eigenvalue weighted by Crippen LogP contribution is 2.29. The average molecular weight is 530 g/mol. The number of benzene rings is 1. The lowest BCUT2D eigenvalue weighted by Crippen LogP contribution is -2.30. The standard InChI is InChI=1S/C25H23BrF3N5/c26-21-8-4-5-18(15-21)17-34(14-13-30-23-10-9-20(16-32-23)25(27,28)29)24-31-12-11-22(33-24)19-6-2-1-3-7-19/h2,4-12,15-16H,1,3,13-14,17H2,(H,30,32). The van der Waals surface area contributed by atoms with Crippen molar-refractivity contribution in [2.45, 2.75) is 25.6 Å². The van der Waals surface area contributed by atoms with Crippen LogP contribution < -0.4 is 10.2 Å². The monoisotopic (exact) mass is 529 g/mol. The zero-order chi connectivity index (χ0) is 24.0. The largest absolute Gasteiger partial charge is 0.417 e. The molecule has 2 heterocycles. The lowest BCUT2D eigenvalue weighted by molar-refractivity contribution is -0.137. The van der Waals surface area contributed by atoms with Crippen molar-refractivity contribution in [2.75, 3.05) is 23.3 Å². The molecule has 0 bridgehead atoms. The van der Waals surface area contributed by atoms with Gasteiger partial charge in [-0.05, 0) is 54.3 Å². The zero-order valence-electron chi connectivity index (χ0n) is 18.3. The molecule has 1 N–H and O–H groups in total. The van der Waals surface area contributed by atoms with E-state index in [1.165, 1.54) is 6.07 Å². The van der Waals surface area contributed by atoms with Crippen LogP contribution in [0.1, 0.15) is 29.7 Å². The third kappa shape index (κ3) is 6.44. The van der Waals surface area contributed by atoms with E-state index in [2.05, 4.69) is 49.4 Å². The van der Waals surface area contributed by atoms with Gasteiger partial charge in [0.1, 0.15) is 5.82 Å². The van der Waals surface area contributed by atoms with Crippen molar-refractivity contribution in [3.63, 3.8) is 0 Å². The van der Waals surface area contributed by atoms with Gasteiger partial charge in [0.15, 0.2) is 0 Å². The van der Waals surface area contributed by atoms with Crippen molar-refractivity contribution in [1.29, 1.82) is 0 Å². The Morgan fingerprint density at radius 2 is 1.94 bits per heavy atom. The first-order chi connectivity index (χ1) is 16.4. The van der Waals surface area contributed by atoms with Crippen LogP contribution in [-0.4, -0.2) is 28.0 Å². The molecule has 3 aromatic rings. The number of hydrogen-bond donors (Lipinski definition) is 1. The van der Waals surface area contributed by atoms with Gasteiger partial charge < -0.3 is 10.2 Å². The second-order valence-corrected chi connectivity index (χ2v) is 8.70. The highest BCUT2D eigenvalue weighted by molar-refractivity contribution is 9.10. The highest BCUT2D eigenvalue weighted by Gasteiger charge is 2.30. The number of alkyl halides is 3. The molecule has 1 aliphatic carbocycles. The number of nitrogens with zero attached hydrogens (tertiary/aromatic N) is 4. The first kappa shape index (κ1) is 23.9. The summed E-state index contributed by atoms with van der Waals surface area (Å²) in [7, 11) is 0. The fourth-order valence-electron chi connectivity index (χ4n) is 3.56. The number of rotatable bonds is 8. The molecule has 34 heavy (non-hydrogen) atoms. The smallest absolute Gasteiger partial charge is 0.368 e. The molecule has 1 aliphatic rings. The summed E-state index contributed by atoms with van der Waals surface area (Å²) in [6.45, 7) is 1.54. The van der Waals surface area contributed by atoms with Crippen LogP contribution in [0.15, 0.2) is 77.6 Å². The van der Waals surface area contributed by atoms with Gasteiger partial charge in [0, 0.05) is 36.5 Å². The minimum Gasteiger partial charge on any atom is -0.368 e. The van der Waals surface area contributed by atoms with Crippen LogP contribution in [0.3, 0.4) is 0 Å². The maximum absolute atomic E-state index is 12.8. The van der Waals surface area contributed by atoms with Crippen molar-refractivity contribution in [1.82, 2.24) is 15.0 Å². The lowest BCUT2D eigenvalue weighted by Gasteiger charge is -2.24. The maximum Gasteiger partial charge on any atom is 0.417 e. The number of allylic oxidation sites excluding steroid dienone is 4. The third-order valence-electron chi connectivity index (χ3n) is 5.26. The number of nitrogens with one attached hydrogen (secondary N) is 1. The number of anilines is 2. The molecule has 5 nitrogen and oxygen atoms in total. The van der Waals surface area contributed by atoms with E-state index in [1.54, 1.807) is 6.20 Å². The topological polar surface area (TPSA) is 53.9 Å². The van der Waals surface area contributed by atoms with Gasteiger partial charge in [0.25, 0.3) is 0 Å². The summed E-state index contributed by atoms with van der Waals surface area (Å²) in [5.74, 6) is 0.960. The molecule has 1 aromatic carbocycles. The van der Waals surface area contributed by atoms with Crippen molar-refractivity contribution in [2.24, 2.45) is 0 Å².